The van der Waals surface area contributed by atoms with Crippen LogP contribution in [0.25, 0.3) is 0 Å². The van der Waals surface area contributed by atoms with Crippen LogP contribution in [0.1, 0.15) is 17.5 Å². The molecule has 3 rings (SSSR count). The van der Waals surface area contributed by atoms with Gasteiger partial charge in [-0.3, -0.25) is 4.21 Å². The lowest BCUT2D eigenvalue weighted by molar-refractivity contribution is -0.137. The van der Waals surface area contributed by atoms with Crippen molar-refractivity contribution in [3.63, 3.8) is 0 Å². The molecule has 0 amide bonds. The van der Waals surface area contributed by atoms with Gasteiger partial charge in [-0.2, -0.15) is 13.2 Å². The minimum Gasteiger partial charge on any atom is -0.369 e. The zero-order chi connectivity index (χ0) is 19.8. The van der Waals surface area contributed by atoms with E-state index in [0.717, 1.165) is 24.1 Å². The van der Waals surface area contributed by atoms with Gasteiger partial charge in [0.25, 0.3) is 0 Å². The Hall–Kier alpha value is -2.06. The highest BCUT2D eigenvalue weighted by Crippen LogP contribution is 2.36. The maximum Gasteiger partial charge on any atom is 0.416 e. The SMILES string of the molecule is CS(=O)c1ccc(Cl)c(N=C(N)N2CCCc3ccc(C(F)(F)F)cc32)c1. The van der Waals surface area contributed by atoms with Gasteiger partial charge in [0.2, 0.25) is 5.96 Å². The smallest absolute Gasteiger partial charge is 0.369 e. The van der Waals surface area contributed by atoms with Crippen LogP contribution >= 0.6 is 11.6 Å². The van der Waals surface area contributed by atoms with Crippen molar-refractivity contribution >= 4 is 39.7 Å². The molecule has 0 saturated carbocycles. The average molecular weight is 416 g/mol. The van der Waals surface area contributed by atoms with Crippen molar-refractivity contribution < 1.29 is 17.4 Å². The van der Waals surface area contributed by atoms with E-state index >= 15 is 0 Å². The van der Waals surface area contributed by atoms with Gasteiger partial charge in [0.1, 0.15) is 0 Å². The second-order valence-electron chi connectivity index (χ2n) is 6.13. The lowest BCUT2D eigenvalue weighted by Gasteiger charge is -2.31. The highest BCUT2D eigenvalue weighted by atomic mass is 35.5. The fourth-order valence-electron chi connectivity index (χ4n) is 2.93. The summed E-state index contributed by atoms with van der Waals surface area (Å²) in [7, 11) is -1.22. The summed E-state index contributed by atoms with van der Waals surface area (Å²) >= 11 is 6.14. The van der Waals surface area contributed by atoms with Gasteiger partial charge in [0.05, 0.1) is 16.3 Å². The van der Waals surface area contributed by atoms with E-state index in [4.69, 9.17) is 17.3 Å². The number of anilines is 1. The zero-order valence-electron chi connectivity index (χ0n) is 14.4. The number of fused-ring (bicyclic) bond motifs is 1. The van der Waals surface area contributed by atoms with Crippen molar-refractivity contribution in [1.82, 2.24) is 0 Å². The monoisotopic (exact) mass is 415 g/mol. The number of hydrogen-bond donors (Lipinski definition) is 1. The van der Waals surface area contributed by atoms with Gasteiger partial charge >= 0.3 is 6.18 Å². The number of alkyl halides is 3. The van der Waals surface area contributed by atoms with E-state index < -0.39 is 22.5 Å². The van der Waals surface area contributed by atoms with Crippen LogP contribution in [0.4, 0.5) is 24.5 Å². The molecule has 1 aliphatic rings. The number of benzene rings is 2. The third-order valence-electron chi connectivity index (χ3n) is 4.29. The lowest BCUT2D eigenvalue weighted by atomic mass is 9.99. The predicted octanol–water partition coefficient (Wildman–Crippen LogP) is 4.50. The Balaban J connectivity index is 2.02. The molecular formula is C18H17ClF3N3OS. The van der Waals surface area contributed by atoms with E-state index in [0.29, 0.717) is 34.3 Å². The topological polar surface area (TPSA) is 58.7 Å². The number of aryl methyl sites for hydroxylation is 1. The van der Waals surface area contributed by atoms with E-state index in [-0.39, 0.29) is 5.96 Å². The van der Waals surface area contributed by atoms with Crippen LogP contribution in [0.5, 0.6) is 0 Å². The lowest BCUT2D eigenvalue weighted by Crippen LogP contribution is -2.40. The van der Waals surface area contributed by atoms with Gasteiger partial charge in [-0.05, 0) is 48.7 Å². The molecular weight excluding hydrogens is 399 g/mol. The molecule has 27 heavy (non-hydrogen) atoms. The van der Waals surface area contributed by atoms with Gasteiger partial charge in [0.15, 0.2) is 0 Å². The van der Waals surface area contributed by atoms with Crippen molar-refractivity contribution in [3.8, 4) is 0 Å². The van der Waals surface area contributed by atoms with Gasteiger partial charge in [-0.1, -0.05) is 17.7 Å². The Kier molecular flexibility index (Phi) is 5.48. The van der Waals surface area contributed by atoms with E-state index in [1.807, 2.05) is 0 Å². The first-order chi connectivity index (χ1) is 12.7. The minimum atomic E-state index is -4.44. The van der Waals surface area contributed by atoms with Crippen LogP contribution in [-0.4, -0.2) is 23.0 Å². The van der Waals surface area contributed by atoms with E-state index in [1.165, 1.54) is 12.3 Å². The molecule has 2 aromatic carbocycles. The van der Waals surface area contributed by atoms with Crippen LogP contribution in [0, 0.1) is 0 Å². The zero-order valence-corrected chi connectivity index (χ0v) is 16.0. The molecule has 2 N–H and O–H groups in total. The van der Waals surface area contributed by atoms with Crippen LogP contribution in [0.15, 0.2) is 46.3 Å². The Morgan fingerprint density at radius 2 is 2.00 bits per heavy atom. The largest absolute Gasteiger partial charge is 0.416 e. The van der Waals surface area contributed by atoms with E-state index in [2.05, 4.69) is 4.99 Å². The van der Waals surface area contributed by atoms with Crippen LogP contribution in [0.3, 0.4) is 0 Å². The van der Waals surface area contributed by atoms with Crippen molar-refractivity contribution in [2.24, 2.45) is 10.7 Å². The summed E-state index contributed by atoms with van der Waals surface area (Å²) in [5.74, 6) is 0.0382. The summed E-state index contributed by atoms with van der Waals surface area (Å²) in [6.45, 7) is 0.445. The van der Waals surface area contributed by atoms with Crippen molar-refractivity contribution in [2.45, 2.75) is 23.9 Å². The summed E-state index contributed by atoms with van der Waals surface area (Å²) in [4.78, 5) is 6.38. The highest BCUT2D eigenvalue weighted by Gasteiger charge is 2.32. The summed E-state index contributed by atoms with van der Waals surface area (Å²) in [6.07, 6.45) is -1.50. The van der Waals surface area contributed by atoms with Gasteiger partial charge in [-0.25, -0.2) is 4.99 Å². The normalized spacial score (nSPS) is 16.2. The summed E-state index contributed by atoms with van der Waals surface area (Å²) in [5.41, 5.74) is 6.87. The summed E-state index contributed by atoms with van der Waals surface area (Å²) < 4.78 is 50.9. The molecule has 0 saturated heterocycles. The van der Waals surface area contributed by atoms with Crippen LogP contribution < -0.4 is 10.6 Å². The van der Waals surface area contributed by atoms with Crippen molar-refractivity contribution in [3.05, 3.63) is 52.5 Å². The number of nitrogens with two attached hydrogens (primary N) is 1. The number of guanidine groups is 1. The quantitative estimate of drug-likeness (QED) is 0.580. The van der Waals surface area contributed by atoms with E-state index in [1.54, 1.807) is 23.1 Å². The average Bonchev–Trinajstić information content (AvgIpc) is 2.61. The van der Waals surface area contributed by atoms with Gasteiger partial charge < -0.3 is 10.6 Å². The number of aliphatic imine (C=N–C) groups is 1. The molecule has 1 aliphatic heterocycles. The van der Waals surface area contributed by atoms with Gasteiger partial charge in [-0.15, -0.1) is 0 Å². The Labute approximate surface area is 162 Å². The molecule has 0 spiro atoms. The second-order valence-corrected chi connectivity index (χ2v) is 7.92. The van der Waals surface area contributed by atoms with E-state index in [9.17, 15) is 17.4 Å². The maximum absolute atomic E-state index is 13.1. The van der Waals surface area contributed by atoms with Crippen molar-refractivity contribution in [1.29, 1.82) is 0 Å². The molecule has 2 aromatic rings. The fraction of sp³-hybridized carbons (Fsp3) is 0.278. The summed E-state index contributed by atoms with van der Waals surface area (Å²) in [5, 5.41) is 0.313. The molecule has 0 radical (unpaired) electrons. The first kappa shape index (κ1) is 19.7. The Morgan fingerprint density at radius 1 is 1.26 bits per heavy atom. The maximum atomic E-state index is 13.1. The number of rotatable bonds is 2. The molecule has 144 valence electrons. The first-order valence-electron chi connectivity index (χ1n) is 8.11. The first-order valence-corrected chi connectivity index (χ1v) is 10.0. The molecule has 1 atom stereocenters. The predicted molar refractivity (Wildman–Crippen MR) is 102 cm³/mol. The molecule has 0 aliphatic carbocycles. The van der Waals surface area contributed by atoms with Crippen LogP contribution in [0.2, 0.25) is 5.02 Å². The molecule has 9 heteroatoms. The summed E-state index contributed by atoms with van der Waals surface area (Å²) in [6, 6.07) is 8.39. The highest BCUT2D eigenvalue weighted by molar-refractivity contribution is 7.84. The molecule has 0 aromatic heterocycles. The second kappa shape index (κ2) is 7.52. The number of nitrogens with zero attached hydrogens (tertiary/aromatic N) is 2. The molecule has 1 unspecified atom stereocenters. The third-order valence-corrected chi connectivity index (χ3v) is 5.53. The molecule has 1 heterocycles. The minimum absolute atomic E-state index is 0.0382. The van der Waals surface area contributed by atoms with Gasteiger partial charge in [0, 0.05) is 34.2 Å². The standard InChI is InChI=1S/C18H17ClF3N3OS/c1-27(26)13-6-7-14(19)15(10-13)24-17(23)25-8-2-3-11-4-5-12(9-16(11)25)18(20,21)22/h4-7,9-10H,2-3,8H2,1H3,(H2,23,24). The molecule has 0 bridgehead atoms. The van der Waals surface area contributed by atoms with Crippen LogP contribution in [-0.2, 0) is 23.4 Å². The Morgan fingerprint density at radius 3 is 2.67 bits per heavy atom. The third kappa shape index (κ3) is 4.27. The van der Waals surface area contributed by atoms with Crippen molar-refractivity contribution in [2.75, 3.05) is 17.7 Å². The Bertz CT molecular complexity index is 931. The number of hydrogen-bond acceptors (Lipinski definition) is 2. The fourth-order valence-corrected chi connectivity index (χ4v) is 3.63. The molecule has 4 nitrogen and oxygen atoms in total. The molecule has 0 fully saturated rings. The number of halogens is 4.